The third-order valence-electron chi connectivity index (χ3n) is 4.60. The number of hydrogen-bond donors (Lipinski definition) is 0. The minimum Gasteiger partial charge on any atom is -0.370 e. The number of rotatable bonds is 5. The molecule has 0 N–H and O–H groups in total. The number of halogens is 2. The van der Waals surface area contributed by atoms with E-state index >= 15 is 0 Å². The van der Waals surface area contributed by atoms with Crippen molar-refractivity contribution in [3.05, 3.63) is 71.1 Å². The van der Waals surface area contributed by atoms with Crippen LogP contribution >= 0.6 is 23.1 Å². The summed E-state index contributed by atoms with van der Waals surface area (Å²) in [5, 5.41) is 1.90. The monoisotopic (exact) mass is 432 g/mol. The van der Waals surface area contributed by atoms with Crippen molar-refractivity contribution in [3.63, 3.8) is 0 Å². The van der Waals surface area contributed by atoms with E-state index in [1.54, 1.807) is 29.2 Å². The fraction of sp³-hybridized carbons (Fsp3) is 0.238. The Kier molecular flexibility index (Phi) is 6.22. The number of benzene rings is 2. The van der Waals surface area contributed by atoms with Gasteiger partial charge in [0.05, 0.1) is 24.6 Å². The first kappa shape index (κ1) is 20.0. The number of amides is 1. The SMILES string of the molecule is O=C(CSc1nc(-c2ccc(F)cc2)cs1)N1CCOC(c2ccc(F)cc2)C1. The van der Waals surface area contributed by atoms with Crippen LogP contribution in [0.5, 0.6) is 0 Å². The molecule has 1 unspecified atom stereocenters. The third kappa shape index (κ3) is 5.01. The summed E-state index contributed by atoms with van der Waals surface area (Å²) in [5.74, 6) is -0.276. The summed E-state index contributed by atoms with van der Waals surface area (Å²) >= 11 is 2.85. The lowest BCUT2D eigenvalue weighted by Crippen LogP contribution is -2.43. The highest BCUT2D eigenvalue weighted by molar-refractivity contribution is 8.01. The van der Waals surface area contributed by atoms with E-state index in [1.165, 1.54) is 47.4 Å². The van der Waals surface area contributed by atoms with Crippen LogP contribution in [0.4, 0.5) is 8.78 Å². The zero-order valence-corrected chi connectivity index (χ0v) is 17.0. The van der Waals surface area contributed by atoms with Gasteiger partial charge in [0, 0.05) is 17.5 Å². The number of nitrogens with zero attached hydrogens (tertiary/aromatic N) is 2. The van der Waals surface area contributed by atoms with Gasteiger partial charge in [-0.2, -0.15) is 0 Å². The highest BCUT2D eigenvalue weighted by Gasteiger charge is 2.25. The second kappa shape index (κ2) is 9.02. The molecule has 1 amide bonds. The first-order chi connectivity index (χ1) is 14.1. The molecular formula is C21H18F2N2O2S2. The maximum absolute atomic E-state index is 13.1. The van der Waals surface area contributed by atoms with Crippen LogP contribution in [0.25, 0.3) is 11.3 Å². The third-order valence-corrected chi connectivity index (χ3v) is 6.61. The Balaban J connectivity index is 1.33. The van der Waals surface area contributed by atoms with Crippen molar-refractivity contribution < 1.29 is 18.3 Å². The molecule has 150 valence electrons. The van der Waals surface area contributed by atoms with Gasteiger partial charge in [-0.3, -0.25) is 4.79 Å². The van der Waals surface area contributed by atoms with Crippen molar-refractivity contribution in [3.8, 4) is 11.3 Å². The number of aromatic nitrogens is 1. The first-order valence-corrected chi connectivity index (χ1v) is 10.9. The van der Waals surface area contributed by atoms with Crippen molar-refractivity contribution in [2.24, 2.45) is 0 Å². The molecular weight excluding hydrogens is 414 g/mol. The number of carbonyl (C=O) groups excluding carboxylic acids is 1. The summed E-state index contributed by atoms with van der Waals surface area (Å²) in [5.41, 5.74) is 2.48. The molecule has 0 aliphatic carbocycles. The highest BCUT2D eigenvalue weighted by Crippen LogP contribution is 2.29. The van der Waals surface area contributed by atoms with Gasteiger partial charge in [-0.15, -0.1) is 11.3 Å². The molecule has 3 aromatic rings. The molecule has 2 aromatic carbocycles. The Labute approximate surface area is 175 Å². The molecule has 0 radical (unpaired) electrons. The highest BCUT2D eigenvalue weighted by atomic mass is 32.2. The summed E-state index contributed by atoms with van der Waals surface area (Å²) < 4.78 is 32.7. The molecule has 1 aliphatic rings. The lowest BCUT2D eigenvalue weighted by molar-refractivity contribution is -0.136. The molecule has 1 saturated heterocycles. The second-order valence-corrected chi connectivity index (χ2v) is 8.63. The number of thiazole rings is 1. The zero-order valence-electron chi connectivity index (χ0n) is 15.4. The fourth-order valence-corrected chi connectivity index (χ4v) is 4.78. The maximum Gasteiger partial charge on any atom is 0.233 e. The molecule has 29 heavy (non-hydrogen) atoms. The van der Waals surface area contributed by atoms with Crippen molar-refractivity contribution in [2.45, 2.75) is 10.4 Å². The normalized spacial score (nSPS) is 16.8. The van der Waals surface area contributed by atoms with Gasteiger partial charge in [0.1, 0.15) is 17.7 Å². The average molecular weight is 433 g/mol. The first-order valence-electron chi connectivity index (χ1n) is 9.07. The van der Waals surface area contributed by atoms with Gasteiger partial charge >= 0.3 is 0 Å². The molecule has 0 saturated carbocycles. The van der Waals surface area contributed by atoms with Crippen LogP contribution in [0.3, 0.4) is 0 Å². The number of hydrogen-bond acceptors (Lipinski definition) is 5. The minimum atomic E-state index is -0.294. The number of morpholine rings is 1. The summed E-state index contributed by atoms with van der Waals surface area (Å²) in [7, 11) is 0. The molecule has 0 spiro atoms. The van der Waals surface area contributed by atoms with E-state index in [-0.39, 0.29) is 29.4 Å². The van der Waals surface area contributed by atoms with Gasteiger partial charge in [-0.05, 0) is 42.0 Å². The average Bonchev–Trinajstić information content (AvgIpc) is 3.22. The number of ether oxygens (including phenoxy) is 1. The van der Waals surface area contributed by atoms with Crippen molar-refractivity contribution in [2.75, 3.05) is 25.4 Å². The Bertz CT molecular complexity index is 977. The second-order valence-electron chi connectivity index (χ2n) is 6.54. The Morgan fingerprint density at radius 2 is 1.83 bits per heavy atom. The van der Waals surface area contributed by atoms with Gasteiger partial charge in [-0.25, -0.2) is 13.8 Å². The minimum absolute atomic E-state index is 0.0175. The van der Waals surface area contributed by atoms with E-state index in [1.807, 2.05) is 5.38 Å². The van der Waals surface area contributed by atoms with Crippen LogP contribution in [0.1, 0.15) is 11.7 Å². The van der Waals surface area contributed by atoms with Crippen LogP contribution in [-0.2, 0) is 9.53 Å². The molecule has 0 bridgehead atoms. The molecule has 8 heteroatoms. The zero-order chi connectivity index (χ0) is 20.2. The lowest BCUT2D eigenvalue weighted by Gasteiger charge is -2.33. The van der Waals surface area contributed by atoms with Gasteiger partial charge < -0.3 is 9.64 Å². The summed E-state index contributed by atoms with van der Waals surface area (Å²) in [6.07, 6.45) is -0.247. The van der Waals surface area contributed by atoms with Gasteiger partial charge in [0.2, 0.25) is 5.91 Å². The summed E-state index contributed by atoms with van der Waals surface area (Å²) in [6.45, 7) is 1.43. The van der Waals surface area contributed by atoms with Crippen LogP contribution < -0.4 is 0 Å². The molecule has 4 rings (SSSR count). The van der Waals surface area contributed by atoms with Crippen LogP contribution in [0.2, 0.25) is 0 Å². The van der Waals surface area contributed by atoms with E-state index in [0.29, 0.717) is 19.7 Å². The van der Waals surface area contributed by atoms with Crippen molar-refractivity contribution >= 4 is 29.0 Å². The van der Waals surface area contributed by atoms with E-state index < -0.39 is 0 Å². The van der Waals surface area contributed by atoms with E-state index in [0.717, 1.165) is 21.2 Å². The van der Waals surface area contributed by atoms with Gasteiger partial charge in [-0.1, -0.05) is 23.9 Å². The van der Waals surface area contributed by atoms with Crippen LogP contribution in [-0.4, -0.2) is 41.2 Å². The number of thioether (sulfide) groups is 1. The van der Waals surface area contributed by atoms with Crippen LogP contribution in [0, 0.1) is 11.6 Å². The maximum atomic E-state index is 13.1. The molecule has 2 heterocycles. The predicted octanol–water partition coefficient (Wildman–Crippen LogP) is 4.78. The quantitative estimate of drug-likeness (QED) is 0.544. The van der Waals surface area contributed by atoms with Crippen molar-refractivity contribution in [1.82, 2.24) is 9.88 Å². The molecule has 4 nitrogen and oxygen atoms in total. The van der Waals surface area contributed by atoms with E-state index in [2.05, 4.69) is 4.98 Å². The molecule has 1 fully saturated rings. The van der Waals surface area contributed by atoms with E-state index in [4.69, 9.17) is 4.74 Å². The fourth-order valence-electron chi connectivity index (χ4n) is 3.05. The molecule has 1 atom stereocenters. The largest absolute Gasteiger partial charge is 0.370 e. The van der Waals surface area contributed by atoms with Gasteiger partial charge in [0.15, 0.2) is 4.34 Å². The smallest absolute Gasteiger partial charge is 0.233 e. The Hall–Kier alpha value is -2.29. The summed E-state index contributed by atoms with van der Waals surface area (Å²) in [6, 6.07) is 12.4. The van der Waals surface area contributed by atoms with Crippen molar-refractivity contribution in [1.29, 1.82) is 0 Å². The van der Waals surface area contributed by atoms with Gasteiger partial charge in [0.25, 0.3) is 0 Å². The standard InChI is InChI=1S/C21H18F2N2O2S2/c22-16-5-1-14(2-6-16)18-12-28-21(24-18)29-13-20(26)25-9-10-27-19(11-25)15-3-7-17(23)8-4-15/h1-8,12,19H,9-11,13H2. The van der Waals surface area contributed by atoms with Crippen LogP contribution in [0.15, 0.2) is 58.3 Å². The Morgan fingerprint density at radius 3 is 2.55 bits per heavy atom. The molecule has 1 aliphatic heterocycles. The van der Waals surface area contributed by atoms with E-state index in [9.17, 15) is 13.6 Å². The lowest BCUT2D eigenvalue weighted by atomic mass is 10.1. The Morgan fingerprint density at radius 1 is 1.14 bits per heavy atom. The topological polar surface area (TPSA) is 42.4 Å². The molecule has 1 aromatic heterocycles. The predicted molar refractivity (Wildman–Crippen MR) is 110 cm³/mol. The number of carbonyl (C=O) groups is 1. The summed E-state index contributed by atoms with van der Waals surface area (Å²) in [4.78, 5) is 18.9.